The second kappa shape index (κ2) is 7.21. The van der Waals surface area contributed by atoms with E-state index in [9.17, 15) is 19.8 Å². The zero-order chi connectivity index (χ0) is 16.0. The van der Waals surface area contributed by atoms with Gasteiger partial charge in [0.25, 0.3) is 0 Å². The molecule has 8 heteroatoms. The van der Waals surface area contributed by atoms with Crippen LogP contribution in [0.15, 0.2) is 11.3 Å². The summed E-state index contributed by atoms with van der Waals surface area (Å²) >= 11 is 0. The van der Waals surface area contributed by atoms with E-state index < -0.39 is 18.0 Å². The van der Waals surface area contributed by atoms with Gasteiger partial charge in [-0.05, 0) is 31.8 Å². The number of β-lactam (4-membered cyclic amide) rings is 1. The van der Waals surface area contributed by atoms with Crippen LogP contribution in [0.1, 0.15) is 26.2 Å². The molecule has 0 aromatic carbocycles. The van der Waals surface area contributed by atoms with Gasteiger partial charge in [-0.15, -0.1) is 0 Å². The molecule has 0 unspecified atom stereocenters. The largest absolute Gasteiger partial charge is 1.00 e. The Morgan fingerprint density at radius 2 is 2.22 bits per heavy atom. The van der Waals surface area contributed by atoms with Crippen molar-refractivity contribution in [3.05, 3.63) is 11.3 Å². The fourth-order valence-electron chi connectivity index (χ4n) is 4.21. The number of amides is 1. The molecule has 3 N–H and O–H groups in total. The molecular weight excluding hydrogens is 311 g/mol. The second-order valence-electron chi connectivity index (χ2n) is 6.24. The molecule has 0 spiro atoms. The molecule has 1 saturated carbocycles. The Balaban J connectivity index is 0.00000192. The molecule has 1 saturated heterocycles. The molecule has 23 heavy (non-hydrogen) atoms. The number of carbonyl (C=O) groups excluding carboxylic acids is 2. The molecule has 2 heterocycles. The summed E-state index contributed by atoms with van der Waals surface area (Å²) < 4.78 is 5.71. The number of nitrogens with two attached hydrogens (primary N) is 1. The summed E-state index contributed by atoms with van der Waals surface area (Å²) in [6.07, 6.45) is 1.29. The van der Waals surface area contributed by atoms with Crippen molar-refractivity contribution in [3.8, 4) is 0 Å². The predicted molar refractivity (Wildman–Crippen MR) is 74.0 cm³/mol. The minimum absolute atomic E-state index is 0. The van der Waals surface area contributed by atoms with E-state index in [1.54, 1.807) is 6.92 Å². The maximum atomic E-state index is 12.2. The van der Waals surface area contributed by atoms with Gasteiger partial charge in [0.15, 0.2) is 0 Å². The van der Waals surface area contributed by atoms with Gasteiger partial charge in [0.05, 0.1) is 42.4 Å². The molecule has 0 radical (unpaired) electrons. The van der Waals surface area contributed by atoms with Crippen LogP contribution in [-0.2, 0) is 14.3 Å². The minimum atomic E-state index is -1.34. The van der Waals surface area contributed by atoms with E-state index in [-0.39, 0.29) is 59.2 Å². The Hall–Kier alpha value is -0.440. The SMILES string of the molecule is C[C@@H](O)[C@H]1C(=O)N2C(C(=O)[O-])=C3[C@@H](OCCN)CCC[C@@H]3[C@H]12.[Na+]. The molecule has 2 fully saturated rings. The Labute approximate surface area is 157 Å². The standard InChI is InChI=1S/C15H22N2O5.Na/c1-7(18)10-12-8-3-2-4-9(22-6-5-16)11(8)13(15(20)21)17(12)14(10)19;/h7-10,12,18H,2-6,16H2,1H3,(H,20,21);/q;+1/p-1/t7-,8+,9+,10-,12-;/m1./s1. The third-order valence-electron chi connectivity index (χ3n) is 4.99. The van der Waals surface area contributed by atoms with Crippen LogP contribution in [0.4, 0.5) is 0 Å². The fourth-order valence-corrected chi connectivity index (χ4v) is 4.21. The summed E-state index contributed by atoms with van der Waals surface area (Å²) in [5.74, 6) is -2.28. The van der Waals surface area contributed by atoms with Gasteiger partial charge >= 0.3 is 29.6 Å². The number of carbonyl (C=O) groups is 2. The van der Waals surface area contributed by atoms with Gasteiger partial charge < -0.3 is 30.4 Å². The molecule has 0 aromatic heterocycles. The molecular formula is C15H21N2NaO5. The number of hydrogen-bond acceptors (Lipinski definition) is 6. The molecule has 3 rings (SSSR count). The monoisotopic (exact) mass is 332 g/mol. The topological polar surface area (TPSA) is 116 Å². The maximum Gasteiger partial charge on any atom is 1.00 e. The average molecular weight is 332 g/mol. The van der Waals surface area contributed by atoms with Gasteiger partial charge in [0.1, 0.15) is 0 Å². The first-order valence-electron chi connectivity index (χ1n) is 7.77. The van der Waals surface area contributed by atoms with Crippen molar-refractivity contribution in [2.75, 3.05) is 13.2 Å². The van der Waals surface area contributed by atoms with Crippen molar-refractivity contribution in [1.82, 2.24) is 4.90 Å². The Bertz CT molecular complexity index is 536. The van der Waals surface area contributed by atoms with Crippen LogP contribution in [0.5, 0.6) is 0 Å². The third-order valence-corrected chi connectivity index (χ3v) is 4.99. The number of fused-ring (bicyclic) bond motifs is 3. The van der Waals surface area contributed by atoms with Crippen molar-refractivity contribution in [2.24, 2.45) is 17.6 Å². The molecule has 1 aliphatic carbocycles. The van der Waals surface area contributed by atoms with E-state index in [1.807, 2.05) is 0 Å². The molecule has 0 bridgehead atoms. The van der Waals surface area contributed by atoms with Gasteiger partial charge in [-0.3, -0.25) is 4.79 Å². The van der Waals surface area contributed by atoms with Crippen molar-refractivity contribution >= 4 is 11.9 Å². The van der Waals surface area contributed by atoms with E-state index >= 15 is 0 Å². The molecule has 7 nitrogen and oxygen atoms in total. The van der Waals surface area contributed by atoms with E-state index in [2.05, 4.69) is 0 Å². The summed E-state index contributed by atoms with van der Waals surface area (Å²) in [4.78, 5) is 25.1. The minimum Gasteiger partial charge on any atom is -0.543 e. The van der Waals surface area contributed by atoms with Crippen LogP contribution in [0, 0.1) is 11.8 Å². The predicted octanol–water partition coefficient (Wildman–Crippen LogP) is -4.64. The molecule has 2 aliphatic heterocycles. The molecule has 5 atom stereocenters. The molecule has 122 valence electrons. The number of hydrogen-bond donors (Lipinski definition) is 2. The summed E-state index contributed by atoms with van der Waals surface area (Å²) in [5, 5.41) is 21.4. The molecule has 3 aliphatic rings. The van der Waals surface area contributed by atoms with Crippen LogP contribution in [0.2, 0.25) is 0 Å². The van der Waals surface area contributed by atoms with Gasteiger partial charge in [0.2, 0.25) is 5.91 Å². The number of nitrogens with zero attached hydrogens (tertiary/aromatic N) is 1. The summed E-state index contributed by atoms with van der Waals surface area (Å²) in [7, 11) is 0. The zero-order valence-electron chi connectivity index (χ0n) is 13.5. The van der Waals surface area contributed by atoms with Gasteiger partial charge in [0, 0.05) is 12.5 Å². The first-order chi connectivity index (χ1) is 10.5. The summed E-state index contributed by atoms with van der Waals surface area (Å²) in [6.45, 7) is 2.28. The third kappa shape index (κ3) is 2.88. The molecule has 0 aromatic rings. The Kier molecular flexibility index (Phi) is 5.92. The number of aliphatic hydroxyl groups excluding tert-OH is 1. The summed E-state index contributed by atoms with van der Waals surface area (Å²) in [6, 6.07) is -0.278. The van der Waals surface area contributed by atoms with Crippen molar-refractivity contribution in [3.63, 3.8) is 0 Å². The second-order valence-corrected chi connectivity index (χ2v) is 6.24. The Morgan fingerprint density at radius 1 is 1.52 bits per heavy atom. The van der Waals surface area contributed by atoms with Crippen LogP contribution in [0.25, 0.3) is 0 Å². The zero-order valence-corrected chi connectivity index (χ0v) is 15.5. The number of carboxylic acid groups (broad SMARTS) is 1. The smallest absolute Gasteiger partial charge is 0.543 e. The number of aliphatic hydroxyl groups is 1. The molecule has 1 amide bonds. The fraction of sp³-hybridized carbons (Fsp3) is 0.733. The van der Waals surface area contributed by atoms with Crippen molar-refractivity contribution in [1.29, 1.82) is 0 Å². The van der Waals surface area contributed by atoms with Crippen LogP contribution in [-0.4, -0.2) is 53.3 Å². The van der Waals surface area contributed by atoms with Gasteiger partial charge in [-0.2, -0.15) is 0 Å². The normalized spacial score (nSPS) is 33.5. The van der Waals surface area contributed by atoms with Gasteiger partial charge in [-0.25, -0.2) is 0 Å². The number of ether oxygens (including phenoxy) is 1. The van der Waals surface area contributed by atoms with E-state index in [4.69, 9.17) is 10.5 Å². The Morgan fingerprint density at radius 3 is 2.78 bits per heavy atom. The average Bonchev–Trinajstić information content (AvgIpc) is 2.76. The van der Waals surface area contributed by atoms with E-state index in [0.29, 0.717) is 18.7 Å². The first-order valence-corrected chi connectivity index (χ1v) is 7.77. The first kappa shape index (κ1) is 18.9. The van der Waals surface area contributed by atoms with Gasteiger partial charge in [-0.1, -0.05) is 0 Å². The summed E-state index contributed by atoms with van der Waals surface area (Å²) in [5.41, 5.74) is 6.07. The van der Waals surface area contributed by atoms with Crippen LogP contribution >= 0.6 is 0 Å². The number of rotatable bonds is 5. The van der Waals surface area contributed by atoms with Crippen LogP contribution in [0.3, 0.4) is 0 Å². The number of carboxylic acids is 1. The maximum absolute atomic E-state index is 12.2. The van der Waals surface area contributed by atoms with Crippen molar-refractivity contribution < 1.29 is 54.1 Å². The van der Waals surface area contributed by atoms with Crippen LogP contribution < -0.4 is 40.4 Å². The number of aliphatic carboxylic acids is 1. The quantitative estimate of drug-likeness (QED) is 0.386. The van der Waals surface area contributed by atoms with E-state index in [1.165, 1.54) is 4.90 Å². The van der Waals surface area contributed by atoms with Crippen molar-refractivity contribution in [2.45, 2.75) is 44.4 Å². The van der Waals surface area contributed by atoms with E-state index in [0.717, 1.165) is 19.3 Å².